The average Bonchev–Trinajstić information content (AvgIpc) is 2.26. The Bertz CT molecular complexity index is 274. The van der Waals surface area contributed by atoms with E-state index < -0.39 is 0 Å². The molecule has 84 valence electrons. The first kappa shape index (κ1) is 12.3. The first-order chi connectivity index (χ1) is 7.19. The molecular weight excluding hydrogens is 184 g/mol. The van der Waals surface area contributed by atoms with Crippen molar-refractivity contribution in [3.8, 4) is 0 Å². The van der Waals surface area contributed by atoms with Gasteiger partial charge in [0.15, 0.2) is 0 Å². The van der Waals surface area contributed by atoms with E-state index in [1.807, 2.05) is 0 Å². The van der Waals surface area contributed by atoms with Crippen LogP contribution in [0.3, 0.4) is 0 Å². The molecule has 0 heterocycles. The normalized spacial score (nSPS) is 13.1. The Hall–Kier alpha value is -0.820. The van der Waals surface area contributed by atoms with E-state index in [1.165, 1.54) is 11.1 Å². The maximum atomic E-state index is 5.48. The minimum absolute atomic E-state index is 0.260. The Labute approximate surface area is 93.5 Å². The third kappa shape index (κ3) is 3.35. The number of hydrogen-bond acceptors (Lipinski definition) is 1. The van der Waals surface area contributed by atoms with E-state index in [0.717, 1.165) is 12.8 Å². The van der Waals surface area contributed by atoms with Crippen molar-refractivity contribution in [1.82, 2.24) is 0 Å². The van der Waals surface area contributed by atoms with Crippen LogP contribution < -0.4 is 0 Å². The lowest BCUT2D eigenvalue weighted by Gasteiger charge is -2.15. The second kappa shape index (κ2) is 5.92. The van der Waals surface area contributed by atoms with E-state index in [4.69, 9.17) is 4.74 Å². The van der Waals surface area contributed by atoms with Gasteiger partial charge in [-0.05, 0) is 23.5 Å². The van der Waals surface area contributed by atoms with Crippen LogP contribution in [0.25, 0.3) is 0 Å². The maximum absolute atomic E-state index is 5.48. The Morgan fingerprint density at radius 2 is 1.60 bits per heavy atom. The lowest BCUT2D eigenvalue weighted by Crippen LogP contribution is -2.01. The Morgan fingerprint density at radius 3 is 2.00 bits per heavy atom. The predicted octanol–water partition coefficient (Wildman–Crippen LogP) is 4.30. The van der Waals surface area contributed by atoms with E-state index in [-0.39, 0.29) is 6.10 Å². The highest BCUT2D eigenvalue weighted by atomic mass is 16.5. The second-order valence-corrected chi connectivity index (χ2v) is 4.33. The zero-order chi connectivity index (χ0) is 11.3. The monoisotopic (exact) mass is 206 g/mol. The molecule has 1 aromatic carbocycles. The van der Waals surface area contributed by atoms with Gasteiger partial charge in [-0.3, -0.25) is 0 Å². The van der Waals surface area contributed by atoms with Crippen molar-refractivity contribution in [3.05, 3.63) is 35.4 Å². The van der Waals surface area contributed by atoms with Gasteiger partial charge in [0.1, 0.15) is 0 Å². The predicted molar refractivity (Wildman–Crippen MR) is 65.2 cm³/mol. The summed E-state index contributed by atoms with van der Waals surface area (Å²) in [5.74, 6) is 0.603. The van der Waals surface area contributed by atoms with Crippen molar-refractivity contribution in [2.45, 2.75) is 45.6 Å². The van der Waals surface area contributed by atoms with E-state index >= 15 is 0 Å². The van der Waals surface area contributed by atoms with Crippen molar-refractivity contribution in [3.63, 3.8) is 0 Å². The number of rotatable bonds is 5. The third-order valence-corrected chi connectivity index (χ3v) is 2.81. The summed E-state index contributed by atoms with van der Waals surface area (Å²) in [4.78, 5) is 0. The minimum Gasteiger partial charge on any atom is -0.377 e. The van der Waals surface area contributed by atoms with Crippen molar-refractivity contribution in [2.75, 3.05) is 7.11 Å². The highest BCUT2D eigenvalue weighted by Gasteiger charge is 2.09. The summed E-state index contributed by atoms with van der Waals surface area (Å²) < 4.78 is 5.48. The Kier molecular flexibility index (Phi) is 4.83. The molecule has 1 atom stereocenters. The summed E-state index contributed by atoms with van der Waals surface area (Å²) in [7, 11) is 1.79. The van der Waals surface area contributed by atoms with Gasteiger partial charge in [0.25, 0.3) is 0 Å². The molecule has 0 aliphatic rings. The zero-order valence-electron chi connectivity index (χ0n) is 10.3. The van der Waals surface area contributed by atoms with Crippen molar-refractivity contribution in [2.24, 2.45) is 0 Å². The summed E-state index contributed by atoms with van der Waals surface area (Å²) in [5.41, 5.74) is 2.69. The molecule has 0 aliphatic carbocycles. The van der Waals surface area contributed by atoms with Gasteiger partial charge in [-0.1, -0.05) is 51.5 Å². The first-order valence-electron chi connectivity index (χ1n) is 5.81. The molecule has 0 saturated carbocycles. The summed E-state index contributed by atoms with van der Waals surface area (Å²) in [6.45, 7) is 6.62. The molecule has 0 fully saturated rings. The molecule has 0 aromatic heterocycles. The first-order valence-corrected chi connectivity index (χ1v) is 5.81. The van der Waals surface area contributed by atoms with Gasteiger partial charge >= 0.3 is 0 Å². The Morgan fingerprint density at radius 1 is 1.07 bits per heavy atom. The molecule has 1 aromatic rings. The molecule has 0 N–H and O–H groups in total. The average molecular weight is 206 g/mol. The quantitative estimate of drug-likeness (QED) is 0.698. The van der Waals surface area contributed by atoms with Crippen molar-refractivity contribution >= 4 is 0 Å². The smallest absolute Gasteiger partial charge is 0.0821 e. The highest BCUT2D eigenvalue weighted by molar-refractivity contribution is 5.26. The van der Waals surface area contributed by atoms with Crippen LogP contribution in [0.15, 0.2) is 24.3 Å². The third-order valence-electron chi connectivity index (χ3n) is 2.81. The van der Waals surface area contributed by atoms with Crippen LogP contribution in [0.1, 0.15) is 56.8 Å². The van der Waals surface area contributed by atoms with Gasteiger partial charge in [0, 0.05) is 7.11 Å². The zero-order valence-corrected chi connectivity index (χ0v) is 10.3. The van der Waals surface area contributed by atoms with Gasteiger partial charge in [0.05, 0.1) is 6.10 Å². The fourth-order valence-corrected chi connectivity index (χ4v) is 1.78. The SMILES string of the molecule is CCCC(OC)c1ccc(C(C)C)cc1. The second-order valence-electron chi connectivity index (χ2n) is 4.33. The lowest BCUT2D eigenvalue weighted by atomic mass is 9.98. The molecule has 1 rings (SSSR count). The number of hydrogen-bond donors (Lipinski definition) is 0. The maximum Gasteiger partial charge on any atom is 0.0821 e. The van der Waals surface area contributed by atoms with Crippen LogP contribution in [0.2, 0.25) is 0 Å². The van der Waals surface area contributed by atoms with Gasteiger partial charge in [-0.15, -0.1) is 0 Å². The summed E-state index contributed by atoms with van der Waals surface area (Å²) in [5, 5.41) is 0. The van der Waals surface area contributed by atoms with E-state index in [0.29, 0.717) is 5.92 Å². The van der Waals surface area contributed by atoms with Crippen LogP contribution in [0.5, 0.6) is 0 Å². The molecule has 0 radical (unpaired) electrons. The van der Waals surface area contributed by atoms with E-state index in [2.05, 4.69) is 45.0 Å². The standard InChI is InChI=1S/C14H22O/c1-5-6-14(15-4)13-9-7-12(8-10-13)11(2)3/h7-11,14H,5-6H2,1-4H3. The van der Waals surface area contributed by atoms with Gasteiger partial charge in [-0.2, -0.15) is 0 Å². The molecule has 15 heavy (non-hydrogen) atoms. The molecule has 0 bridgehead atoms. The van der Waals surface area contributed by atoms with Crippen molar-refractivity contribution in [1.29, 1.82) is 0 Å². The fraction of sp³-hybridized carbons (Fsp3) is 0.571. The molecule has 0 aliphatic heterocycles. The lowest BCUT2D eigenvalue weighted by molar-refractivity contribution is 0.0950. The molecule has 1 unspecified atom stereocenters. The van der Waals surface area contributed by atoms with Gasteiger partial charge in [-0.25, -0.2) is 0 Å². The molecule has 0 spiro atoms. The van der Waals surface area contributed by atoms with Crippen LogP contribution in [0.4, 0.5) is 0 Å². The van der Waals surface area contributed by atoms with Crippen LogP contribution in [0, 0.1) is 0 Å². The van der Waals surface area contributed by atoms with Crippen LogP contribution in [-0.2, 0) is 4.74 Å². The highest BCUT2D eigenvalue weighted by Crippen LogP contribution is 2.24. The number of methoxy groups -OCH3 is 1. The molecule has 0 amide bonds. The van der Waals surface area contributed by atoms with Gasteiger partial charge in [0.2, 0.25) is 0 Å². The van der Waals surface area contributed by atoms with Gasteiger partial charge < -0.3 is 4.74 Å². The number of ether oxygens (including phenoxy) is 1. The summed E-state index contributed by atoms with van der Waals surface area (Å²) >= 11 is 0. The summed E-state index contributed by atoms with van der Waals surface area (Å²) in [6, 6.07) is 8.81. The molecule has 1 nitrogen and oxygen atoms in total. The summed E-state index contributed by atoms with van der Waals surface area (Å²) in [6.07, 6.45) is 2.51. The topological polar surface area (TPSA) is 9.23 Å². The van der Waals surface area contributed by atoms with Crippen LogP contribution >= 0.6 is 0 Å². The number of benzene rings is 1. The van der Waals surface area contributed by atoms with E-state index in [9.17, 15) is 0 Å². The largest absolute Gasteiger partial charge is 0.377 e. The molecular formula is C14H22O. The van der Waals surface area contributed by atoms with Crippen LogP contribution in [-0.4, -0.2) is 7.11 Å². The molecule has 1 heteroatoms. The van der Waals surface area contributed by atoms with Crippen molar-refractivity contribution < 1.29 is 4.74 Å². The molecule has 0 saturated heterocycles. The fourth-order valence-electron chi connectivity index (χ4n) is 1.78. The minimum atomic E-state index is 0.260. The Balaban J connectivity index is 2.77. The van der Waals surface area contributed by atoms with E-state index in [1.54, 1.807) is 7.11 Å².